The van der Waals surface area contributed by atoms with E-state index in [9.17, 15) is 9.59 Å². The van der Waals surface area contributed by atoms with Crippen molar-refractivity contribution in [2.75, 3.05) is 7.11 Å². The van der Waals surface area contributed by atoms with Crippen LogP contribution in [0.4, 0.5) is 0 Å². The van der Waals surface area contributed by atoms with Gasteiger partial charge < -0.3 is 10.5 Å². The molecule has 0 unspecified atom stereocenters. The number of benzene rings is 1. The highest BCUT2D eigenvalue weighted by atomic mass is 35.5. The van der Waals surface area contributed by atoms with Crippen molar-refractivity contribution in [3.63, 3.8) is 0 Å². The second-order valence-electron chi connectivity index (χ2n) is 2.94. The van der Waals surface area contributed by atoms with Crippen molar-refractivity contribution in [3.05, 3.63) is 46.6 Å². The third-order valence-corrected chi connectivity index (χ3v) is 2.18. The summed E-state index contributed by atoms with van der Waals surface area (Å²) >= 11 is 5.81. The summed E-state index contributed by atoms with van der Waals surface area (Å²) in [6, 6.07) is 6.50. The van der Waals surface area contributed by atoms with Crippen LogP contribution in [0.2, 0.25) is 5.02 Å². The van der Waals surface area contributed by atoms with Crippen molar-refractivity contribution in [2.24, 2.45) is 5.73 Å². The van der Waals surface area contributed by atoms with E-state index in [0.29, 0.717) is 5.02 Å². The quantitative estimate of drug-likeness (QED) is 0.494. The average molecular weight is 240 g/mol. The van der Waals surface area contributed by atoms with Gasteiger partial charge in [0.15, 0.2) is 5.78 Å². The van der Waals surface area contributed by atoms with Gasteiger partial charge in [-0.15, -0.1) is 0 Å². The molecule has 0 radical (unpaired) electrons. The molecule has 0 saturated heterocycles. The van der Waals surface area contributed by atoms with Crippen molar-refractivity contribution in [2.45, 2.75) is 0 Å². The third kappa shape index (κ3) is 2.84. The van der Waals surface area contributed by atoms with Crippen LogP contribution in [0.5, 0.6) is 0 Å². The molecule has 0 aliphatic rings. The molecular weight excluding hydrogens is 230 g/mol. The zero-order valence-corrected chi connectivity index (χ0v) is 9.32. The first-order chi connectivity index (χ1) is 7.56. The van der Waals surface area contributed by atoms with Gasteiger partial charge in [0, 0.05) is 11.6 Å². The molecule has 0 heterocycles. The number of hydrogen-bond acceptors (Lipinski definition) is 4. The van der Waals surface area contributed by atoms with Crippen LogP contribution in [0.1, 0.15) is 10.4 Å². The van der Waals surface area contributed by atoms with Crippen molar-refractivity contribution in [1.29, 1.82) is 0 Å². The predicted molar refractivity (Wildman–Crippen MR) is 60.1 cm³/mol. The standard InChI is InChI=1S/C11H10ClNO3/c1-16-11(15)9(13)6-10(14)7-4-2-3-5-8(7)12/h2-6H,13H2,1H3. The van der Waals surface area contributed by atoms with E-state index in [1.165, 1.54) is 7.11 Å². The Hall–Kier alpha value is -1.81. The fourth-order valence-electron chi connectivity index (χ4n) is 1.06. The van der Waals surface area contributed by atoms with E-state index in [1.54, 1.807) is 24.3 Å². The molecule has 5 heteroatoms. The van der Waals surface area contributed by atoms with Gasteiger partial charge in [0.1, 0.15) is 5.70 Å². The van der Waals surface area contributed by atoms with Gasteiger partial charge in [0.05, 0.1) is 12.1 Å². The lowest BCUT2D eigenvalue weighted by Crippen LogP contribution is -2.14. The number of rotatable bonds is 3. The number of hydrogen-bond donors (Lipinski definition) is 1. The van der Waals surface area contributed by atoms with Crippen LogP contribution in [0.3, 0.4) is 0 Å². The zero-order valence-electron chi connectivity index (χ0n) is 8.57. The minimum Gasteiger partial charge on any atom is -0.464 e. The highest BCUT2D eigenvalue weighted by Gasteiger charge is 2.11. The van der Waals surface area contributed by atoms with Crippen molar-refractivity contribution in [1.82, 2.24) is 0 Å². The Morgan fingerprint density at radius 3 is 2.56 bits per heavy atom. The van der Waals surface area contributed by atoms with Gasteiger partial charge >= 0.3 is 5.97 Å². The van der Waals surface area contributed by atoms with Gasteiger partial charge in [-0.2, -0.15) is 0 Å². The highest BCUT2D eigenvalue weighted by molar-refractivity contribution is 6.34. The fourth-order valence-corrected chi connectivity index (χ4v) is 1.29. The van der Waals surface area contributed by atoms with Crippen LogP contribution in [0.15, 0.2) is 36.0 Å². The van der Waals surface area contributed by atoms with Crippen LogP contribution in [-0.4, -0.2) is 18.9 Å². The summed E-state index contributed by atoms with van der Waals surface area (Å²) in [4.78, 5) is 22.6. The minimum absolute atomic E-state index is 0.257. The van der Waals surface area contributed by atoms with E-state index in [4.69, 9.17) is 17.3 Å². The fraction of sp³-hybridized carbons (Fsp3) is 0.0909. The maximum atomic E-state index is 11.6. The molecule has 0 spiro atoms. The molecule has 0 fully saturated rings. The smallest absolute Gasteiger partial charge is 0.354 e. The van der Waals surface area contributed by atoms with E-state index in [2.05, 4.69) is 4.74 Å². The Labute approximate surface area is 97.6 Å². The molecule has 0 aromatic heterocycles. The highest BCUT2D eigenvalue weighted by Crippen LogP contribution is 2.16. The predicted octanol–water partition coefficient (Wildman–Crippen LogP) is 1.54. The maximum absolute atomic E-state index is 11.6. The number of esters is 1. The molecule has 16 heavy (non-hydrogen) atoms. The number of carbonyl (C=O) groups excluding carboxylic acids is 2. The van der Waals surface area contributed by atoms with E-state index < -0.39 is 11.8 Å². The molecule has 84 valence electrons. The number of methoxy groups -OCH3 is 1. The summed E-state index contributed by atoms with van der Waals surface area (Å²) in [6.45, 7) is 0. The number of ketones is 1. The van der Waals surface area contributed by atoms with Gasteiger partial charge in [0.25, 0.3) is 0 Å². The summed E-state index contributed by atoms with van der Waals surface area (Å²) in [5.74, 6) is -1.19. The van der Waals surface area contributed by atoms with E-state index in [-0.39, 0.29) is 11.3 Å². The number of allylic oxidation sites excluding steroid dienone is 1. The average Bonchev–Trinajstić information content (AvgIpc) is 2.28. The first-order valence-corrected chi connectivity index (χ1v) is 4.78. The monoisotopic (exact) mass is 239 g/mol. The number of halogens is 1. The van der Waals surface area contributed by atoms with E-state index in [0.717, 1.165) is 6.08 Å². The third-order valence-electron chi connectivity index (χ3n) is 1.85. The Morgan fingerprint density at radius 2 is 2.00 bits per heavy atom. The van der Waals surface area contributed by atoms with E-state index >= 15 is 0 Å². The number of ether oxygens (including phenoxy) is 1. The second kappa shape index (κ2) is 5.32. The summed E-state index contributed by atoms with van der Waals surface area (Å²) < 4.78 is 4.36. The van der Waals surface area contributed by atoms with Gasteiger partial charge in [-0.1, -0.05) is 23.7 Å². The lowest BCUT2D eigenvalue weighted by molar-refractivity contribution is -0.136. The molecule has 4 nitrogen and oxygen atoms in total. The van der Waals surface area contributed by atoms with Crippen molar-refractivity contribution < 1.29 is 14.3 Å². The molecule has 1 aromatic rings. The molecule has 2 N–H and O–H groups in total. The molecule has 1 aromatic carbocycles. The summed E-state index contributed by atoms with van der Waals surface area (Å²) in [7, 11) is 1.18. The summed E-state index contributed by atoms with van der Waals surface area (Å²) in [5, 5.41) is 0.307. The van der Waals surface area contributed by atoms with Crippen molar-refractivity contribution >= 4 is 23.4 Å². The Bertz CT molecular complexity index is 454. The maximum Gasteiger partial charge on any atom is 0.354 e. The lowest BCUT2D eigenvalue weighted by Gasteiger charge is -2.00. The Morgan fingerprint density at radius 1 is 1.38 bits per heavy atom. The molecule has 1 rings (SSSR count). The van der Waals surface area contributed by atoms with Crippen LogP contribution in [-0.2, 0) is 9.53 Å². The van der Waals surface area contributed by atoms with Crippen LogP contribution >= 0.6 is 11.6 Å². The molecule has 0 aliphatic heterocycles. The van der Waals surface area contributed by atoms with Gasteiger partial charge in [-0.05, 0) is 12.1 Å². The zero-order chi connectivity index (χ0) is 12.1. The lowest BCUT2D eigenvalue weighted by atomic mass is 10.1. The van der Waals surface area contributed by atoms with Gasteiger partial charge in [0.2, 0.25) is 0 Å². The topological polar surface area (TPSA) is 69.4 Å². The van der Waals surface area contributed by atoms with Gasteiger partial charge in [-0.3, -0.25) is 4.79 Å². The molecular formula is C11H10ClNO3. The SMILES string of the molecule is COC(=O)C(N)=CC(=O)c1ccccc1Cl. The minimum atomic E-state index is -0.750. The van der Waals surface area contributed by atoms with Gasteiger partial charge in [-0.25, -0.2) is 4.79 Å². The number of nitrogens with two attached hydrogens (primary N) is 1. The first kappa shape index (κ1) is 12.3. The van der Waals surface area contributed by atoms with Crippen LogP contribution in [0.25, 0.3) is 0 Å². The molecule has 0 amide bonds. The second-order valence-corrected chi connectivity index (χ2v) is 3.34. The summed E-state index contributed by atoms with van der Waals surface area (Å²) in [6.07, 6.45) is 0.993. The largest absolute Gasteiger partial charge is 0.464 e. The van der Waals surface area contributed by atoms with Crippen LogP contribution in [0, 0.1) is 0 Å². The van der Waals surface area contributed by atoms with Crippen LogP contribution < -0.4 is 5.73 Å². The molecule has 0 saturated carbocycles. The normalized spacial score (nSPS) is 11.0. The number of carbonyl (C=O) groups is 2. The molecule has 0 atom stereocenters. The van der Waals surface area contributed by atoms with E-state index in [1.807, 2.05) is 0 Å². The molecule has 0 aliphatic carbocycles. The Balaban J connectivity index is 2.97. The Kier molecular flexibility index (Phi) is 4.08. The molecule has 0 bridgehead atoms. The first-order valence-electron chi connectivity index (χ1n) is 4.40. The van der Waals surface area contributed by atoms with Crippen molar-refractivity contribution in [3.8, 4) is 0 Å². The summed E-state index contributed by atoms with van der Waals surface area (Å²) in [5.41, 5.74) is 5.37.